The van der Waals surface area contributed by atoms with Gasteiger partial charge in [-0.1, -0.05) is 49.7 Å². The summed E-state index contributed by atoms with van der Waals surface area (Å²) >= 11 is 0. The molecule has 0 atom stereocenters. The van der Waals surface area contributed by atoms with Crippen LogP contribution in [0.15, 0.2) is 97.6 Å². The lowest BCUT2D eigenvalue weighted by molar-refractivity contribution is -0.697. The summed E-state index contributed by atoms with van der Waals surface area (Å²) in [6.07, 6.45) is 14.9. The fourth-order valence-corrected chi connectivity index (χ4v) is 5.02. The molecule has 172 valence electrons. The summed E-state index contributed by atoms with van der Waals surface area (Å²) in [5.41, 5.74) is 5.28. The molecule has 5 aromatic rings. The van der Waals surface area contributed by atoms with Crippen molar-refractivity contribution in [2.24, 2.45) is 0 Å². The number of hydrogen-bond acceptors (Lipinski definition) is 0. The molecule has 0 saturated carbocycles. The fourth-order valence-electron chi connectivity index (χ4n) is 5.02. The molecule has 0 N–H and O–H groups in total. The first kappa shape index (κ1) is 22.3. The van der Waals surface area contributed by atoms with Gasteiger partial charge >= 0.3 is 0 Å². The largest absolute Gasteiger partial charge is 0.340 e. The van der Waals surface area contributed by atoms with Gasteiger partial charge in [-0.15, -0.1) is 0 Å². The zero-order valence-electron chi connectivity index (χ0n) is 20.2. The van der Waals surface area contributed by atoms with Crippen molar-refractivity contribution in [1.82, 2.24) is 4.57 Å². The van der Waals surface area contributed by atoms with Gasteiger partial charge in [0, 0.05) is 65.5 Å². The van der Waals surface area contributed by atoms with Crippen molar-refractivity contribution in [2.75, 3.05) is 0 Å². The lowest BCUT2D eigenvalue weighted by Gasteiger charge is -2.07. The van der Waals surface area contributed by atoms with Gasteiger partial charge in [-0.05, 0) is 36.1 Å². The van der Waals surface area contributed by atoms with E-state index in [0.29, 0.717) is 0 Å². The van der Waals surface area contributed by atoms with Crippen LogP contribution in [0.1, 0.15) is 39.0 Å². The fraction of sp³-hybridized carbons (Fsp3) is 0.290. The SMILES string of the molecule is CCC[n+]1ccc(-c2cc[n+](CCCCCCn3c4ccccc4c4ccccc43)cc2)cc1. The van der Waals surface area contributed by atoms with Crippen molar-refractivity contribution in [3.8, 4) is 11.1 Å². The van der Waals surface area contributed by atoms with Gasteiger partial charge in [0.15, 0.2) is 24.8 Å². The van der Waals surface area contributed by atoms with Crippen molar-refractivity contribution in [3.63, 3.8) is 0 Å². The van der Waals surface area contributed by atoms with Crippen molar-refractivity contribution in [1.29, 1.82) is 0 Å². The van der Waals surface area contributed by atoms with Crippen LogP contribution in [-0.4, -0.2) is 4.57 Å². The van der Waals surface area contributed by atoms with Crippen LogP contribution in [-0.2, 0) is 19.6 Å². The maximum absolute atomic E-state index is 2.51. The topological polar surface area (TPSA) is 12.7 Å². The van der Waals surface area contributed by atoms with E-state index >= 15 is 0 Å². The highest BCUT2D eigenvalue weighted by molar-refractivity contribution is 6.07. The molecule has 0 aliphatic heterocycles. The Morgan fingerprint density at radius 1 is 0.559 bits per heavy atom. The van der Waals surface area contributed by atoms with E-state index in [1.807, 2.05) is 0 Å². The summed E-state index contributed by atoms with van der Waals surface area (Å²) in [7, 11) is 0. The second-order valence-electron chi connectivity index (χ2n) is 9.25. The predicted molar refractivity (Wildman–Crippen MR) is 140 cm³/mol. The molecular weight excluding hydrogens is 414 g/mol. The smallest absolute Gasteiger partial charge is 0.169 e. The molecule has 2 aromatic carbocycles. The molecule has 34 heavy (non-hydrogen) atoms. The number of rotatable bonds is 10. The van der Waals surface area contributed by atoms with Crippen molar-refractivity contribution >= 4 is 21.8 Å². The number of hydrogen-bond donors (Lipinski definition) is 0. The van der Waals surface area contributed by atoms with E-state index in [9.17, 15) is 0 Å². The van der Waals surface area contributed by atoms with E-state index in [0.717, 1.165) is 26.1 Å². The molecule has 0 bridgehead atoms. The molecule has 5 rings (SSSR count). The Bertz CT molecular complexity index is 1290. The van der Waals surface area contributed by atoms with E-state index in [4.69, 9.17) is 0 Å². The molecular formula is C31H35N3+2. The third kappa shape index (κ3) is 4.89. The average Bonchev–Trinajstić information content (AvgIpc) is 3.21. The number of nitrogens with zero attached hydrogens (tertiary/aromatic N) is 3. The van der Waals surface area contributed by atoms with E-state index in [-0.39, 0.29) is 0 Å². The van der Waals surface area contributed by atoms with Gasteiger partial charge in [-0.2, -0.15) is 0 Å². The van der Waals surface area contributed by atoms with Gasteiger partial charge in [0.2, 0.25) is 0 Å². The molecule has 3 heterocycles. The number of fused-ring (bicyclic) bond motifs is 3. The standard InChI is InChI=1S/C31H35N3/c1-2-19-32-22-15-26(16-23-32)27-17-24-33(25-18-27)20-9-3-4-10-21-34-30-13-7-5-11-28(30)29-12-6-8-14-31(29)34/h5-8,11-18,22-25H,2-4,9-10,19-21H2,1H3/q+2. The number of para-hydroxylation sites is 2. The molecule has 3 heteroatoms. The minimum Gasteiger partial charge on any atom is -0.340 e. The minimum atomic E-state index is 1.08. The number of pyridine rings is 2. The van der Waals surface area contributed by atoms with Gasteiger partial charge in [-0.3, -0.25) is 0 Å². The van der Waals surface area contributed by atoms with Crippen LogP contribution < -0.4 is 9.13 Å². The third-order valence-electron chi connectivity index (χ3n) is 6.83. The van der Waals surface area contributed by atoms with Crippen molar-refractivity contribution < 1.29 is 9.13 Å². The lowest BCUT2D eigenvalue weighted by atomic mass is 10.1. The van der Waals surface area contributed by atoms with Crippen LogP contribution in [0.2, 0.25) is 0 Å². The number of benzene rings is 2. The summed E-state index contributed by atoms with van der Waals surface area (Å²) in [6, 6.07) is 26.5. The Hall–Kier alpha value is -3.46. The number of unbranched alkanes of at least 4 members (excludes halogenated alkanes) is 3. The first-order valence-electron chi connectivity index (χ1n) is 12.8. The van der Waals surface area contributed by atoms with E-state index in [1.165, 1.54) is 58.6 Å². The summed E-state index contributed by atoms with van der Waals surface area (Å²) in [5.74, 6) is 0. The first-order valence-corrected chi connectivity index (χ1v) is 12.8. The molecule has 0 aliphatic rings. The predicted octanol–water partition coefficient (Wildman–Crippen LogP) is 6.71. The summed E-state index contributed by atoms with van der Waals surface area (Å²) in [4.78, 5) is 0. The van der Waals surface area contributed by atoms with Crippen LogP contribution in [0.5, 0.6) is 0 Å². The second kappa shape index (κ2) is 10.6. The van der Waals surface area contributed by atoms with E-state index < -0.39 is 0 Å². The molecule has 3 nitrogen and oxygen atoms in total. The molecule has 0 aliphatic carbocycles. The highest BCUT2D eigenvalue weighted by Gasteiger charge is 2.09. The molecule has 0 amide bonds. The first-order chi connectivity index (χ1) is 16.8. The van der Waals surface area contributed by atoms with Gasteiger partial charge < -0.3 is 4.57 Å². The molecule has 0 radical (unpaired) electrons. The Morgan fingerprint density at radius 3 is 1.62 bits per heavy atom. The van der Waals surface area contributed by atoms with E-state index in [1.54, 1.807) is 0 Å². The second-order valence-corrected chi connectivity index (χ2v) is 9.25. The summed E-state index contributed by atoms with van der Waals surface area (Å²) in [5, 5.41) is 2.74. The van der Waals surface area contributed by atoms with Gasteiger partial charge in [0.25, 0.3) is 0 Å². The number of aryl methyl sites for hydroxylation is 3. The Morgan fingerprint density at radius 2 is 1.06 bits per heavy atom. The van der Waals surface area contributed by atoms with Crippen LogP contribution in [0, 0.1) is 0 Å². The highest BCUT2D eigenvalue weighted by Crippen LogP contribution is 2.29. The number of aromatic nitrogens is 3. The molecule has 3 aromatic heterocycles. The van der Waals surface area contributed by atoms with Gasteiger partial charge in [0.1, 0.15) is 13.1 Å². The van der Waals surface area contributed by atoms with Gasteiger partial charge in [0.05, 0.1) is 0 Å². The van der Waals surface area contributed by atoms with Crippen molar-refractivity contribution in [3.05, 3.63) is 97.6 Å². The molecule has 0 unspecified atom stereocenters. The molecule has 0 saturated heterocycles. The maximum Gasteiger partial charge on any atom is 0.169 e. The lowest BCUT2D eigenvalue weighted by Crippen LogP contribution is -2.32. The van der Waals surface area contributed by atoms with Crippen LogP contribution in [0.4, 0.5) is 0 Å². The average molecular weight is 450 g/mol. The Kier molecular flexibility index (Phi) is 6.99. The van der Waals surface area contributed by atoms with Crippen LogP contribution >= 0.6 is 0 Å². The van der Waals surface area contributed by atoms with Crippen LogP contribution in [0.3, 0.4) is 0 Å². The van der Waals surface area contributed by atoms with Crippen LogP contribution in [0.25, 0.3) is 32.9 Å². The summed E-state index contributed by atoms with van der Waals surface area (Å²) < 4.78 is 7.07. The molecule has 0 fully saturated rings. The highest BCUT2D eigenvalue weighted by atomic mass is 15.0. The van der Waals surface area contributed by atoms with Gasteiger partial charge in [-0.25, -0.2) is 9.13 Å². The van der Waals surface area contributed by atoms with Crippen molar-refractivity contribution in [2.45, 2.75) is 58.7 Å². The normalized spacial score (nSPS) is 11.4. The Balaban J connectivity index is 1.11. The quantitative estimate of drug-likeness (QED) is 0.166. The Labute approximate surface area is 202 Å². The summed E-state index contributed by atoms with van der Waals surface area (Å²) in [6.45, 7) is 5.46. The zero-order chi connectivity index (χ0) is 23.2. The minimum absolute atomic E-state index is 1.08. The van der Waals surface area contributed by atoms with E-state index in [2.05, 4.69) is 118 Å². The zero-order valence-corrected chi connectivity index (χ0v) is 20.2. The third-order valence-corrected chi connectivity index (χ3v) is 6.83. The molecule has 0 spiro atoms. The monoisotopic (exact) mass is 449 g/mol. The maximum atomic E-state index is 2.51.